The zero-order valence-electron chi connectivity index (χ0n) is 5.42. The zero-order chi connectivity index (χ0) is 5.15. The quantitative estimate of drug-likeness (QED) is 0.370. The molecule has 0 aliphatic heterocycles. The predicted octanol–water partition coefficient (Wildman–Crippen LogP) is -1.00. The Morgan fingerprint density at radius 1 is 1.14 bits per heavy atom. The van der Waals surface area contributed by atoms with Crippen LogP contribution in [0.1, 0.15) is 2.85 Å². The summed E-state index contributed by atoms with van der Waals surface area (Å²) in [5, 5.41) is 14.8. The number of carboxylic acid groups (broad SMARTS) is 2. The minimum atomic E-state index is -1.82. The van der Waals surface area contributed by atoms with Crippen molar-refractivity contribution in [2.45, 2.75) is 0 Å². The molecule has 7 heavy (non-hydrogen) atoms. The Morgan fingerprint density at radius 3 is 1.29 bits per heavy atom. The fraction of sp³-hybridized carbons (Fsp3) is 0. The van der Waals surface area contributed by atoms with Gasteiger partial charge in [-0.15, -0.1) is 0 Å². The summed E-state index contributed by atoms with van der Waals surface area (Å²) in [5.74, 6) is -3.65. The van der Waals surface area contributed by atoms with Crippen molar-refractivity contribution in [2.75, 3.05) is 0 Å². The van der Waals surface area contributed by atoms with E-state index in [-0.39, 0.29) is 48.3 Å². The first-order valence-corrected chi connectivity index (χ1v) is 1.11. The van der Waals surface area contributed by atoms with Gasteiger partial charge in [-0.2, -0.15) is 0 Å². The van der Waals surface area contributed by atoms with E-state index in [0.29, 0.717) is 0 Å². The van der Waals surface area contributed by atoms with Gasteiger partial charge in [0, 0.05) is 0 Å². The SMILES string of the molecule is O=C(O)C(=O)O.[H-].[H-].[Sr+2]. The van der Waals surface area contributed by atoms with Crippen LogP contribution in [0.5, 0.6) is 0 Å². The van der Waals surface area contributed by atoms with Gasteiger partial charge in [0.05, 0.1) is 0 Å². The molecule has 0 rings (SSSR count). The summed E-state index contributed by atoms with van der Waals surface area (Å²) >= 11 is 0. The summed E-state index contributed by atoms with van der Waals surface area (Å²) in [6.45, 7) is 0. The van der Waals surface area contributed by atoms with Crippen molar-refractivity contribution >= 4 is 57.4 Å². The Bertz CT molecular complexity index is 82.6. The molecule has 0 aliphatic rings. The molecule has 0 spiro atoms. The molecule has 0 amide bonds. The monoisotopic (exact) mass is 180 g/mol. The molecule has 0 heterocycles. The van der Waals surface area contributed by atoms with Crippen molar-refractivity contribution in [3.05, 3.63) is 0 Å². The summed E-state index contributed by atoms with van der Waals surface area (Å²) < 4.78 is 0. The Morgan fingerprint density at radius 2 is 1.29 bits per heavy atom. The van der Waals surface area contributed by atoms with Gasteiger partial charge < -0.3 is 13.1 Å². The first-order valence-electron chi connectivity index (χ1n) is 1.11. The molecule has 0 aliphatic carbocycles. The molecule has 0 bridgehead atoms. The van der Waals surface area contributed by atoms with Crippen LogP contribution in [0.2, 0.25) is 0 Å². The van der Waals surface area contributed by atoms with Gasteiger partial charge in [-0.25, -0.2) is 9.59 Å². The number of aliphatic carboxylic acids is 2. The minimum absolute atomic E-state index is 0. The summed E-state index contributed by atoms with van der Waals surface area (Å²) in [6, 6.07) is 0. The predicted molar refractivity (Wildman–Crippen MR) is 23.2 cm³/mol. The van der Waals surface area contributed by atoms with Crippen molar-refractivity contribution in [3.8, 4) is 0 Å². The maximum Gasteiger partial charge on any atom is 2.00 e. The number of hydrogen-bond acceptors (Lipinski definition) is 2. The van der Waals surface area contributed by atoms with E-state index in [4.69, 9.17) is 19.8 Å². The first-order chi connectivity index (χ1) is 2.64. The minimum Gasteiger partial charge on any atom is -1.00 e. The summed E-state index contributed by atoms with van der Waals surface area (Å²) in [6.07, 6.45) is 0. The molecule has 5 heteroatoms. The van der Waals surface area contributed by atoms with Crippen molar-refractivity contribution in [1.82, 2.24) is 0 Å². The van der Waals surface area contributed by atoms with Gasteiger partial charge in [-0.3, -0.25) is 0 Å². The summed E-state index contributed by atoms with van der Waals surface area (Å²) in [7, 11) is 0. The third-order valence-corrected chi connectivity index (χ3v) is 0.183. The van der Waals surface area contributed by atoms with Gasteiger partial charge >= 0.3 is 57.4 Å². The number of carboxylic acids is 2. The maximum absolute atomic E-state index is 9.10. The average Bonchev–Trinajstić information content (AvgIpc) is 1.36. The van der Waals surface area contributed by atoms with Crippen LogP contribution in [-0.4, -0.2) is 67.6 Å². The molecule has 0 fully saturated rings. The second kappa shape index (κ2) is 4.58. The fourth-order valence-electron chi connectivity index (χ4n) is 0. The Labute approximate surface area is 79.4 Å². The third-order valence-electron chi connectivity index (χ3n) is 0.183. The second-order valence-corrected chi connectivity index (χ2v) is 0.610. The van der Waals surface area contributed by atoms with E-state index in [1.54, 1.807) is 0 Å². The topological polar surface area (TPSA) is 74.6 Å². The molecule has 38 valence electrons. The van der Waals surface area contributed by atoms with Gasteiger partial charge in [0.2, 0.25) is 0 Å². The van der Waals surface area contributed by atoms with Crippen LogP contribution >= 0.6 is 0 Å². The van der Waals surface area contributed by atoms with Crippen LogP contribution in [0.4, 0.5) is 0 Å². The van der Waals surface area contributed by atoms with E-state index in [0.717, 1.165) is 0 Å². The molecule has 0 saturated carbocycles. The Hall–Kier alpha value is 0.421. The van der Waals surface area contributed by atoms with E-state index in [2.05, 4.69) is 0 Å². The molecule has 0 aromatic heterocycles. The molecule has 0 atom stereocenters. The third kappa shape index (κ3) is 6.42. The molecule has 0 aromatic carbocycles. The summed E-state index contributed by atoms with van der Waals surface area (Å²) in [5.41, 5.74) is 0. The maximum atomic E-state index is 9.10. The van der Waals surface area contributed by atoms with E-state index in [1.807, 2.05) is 0 Å². The van der Waals surface area contributed by atoms with Crippen molar-refractivity contribution in [2.24, 2.45) is 0 Å². The smallest absolute Gasteiger partial charge is 1.00 e. The van der Waals surface area contributed by atoms with Gasteiger partial charge in [0.25, 0.3) is 0 Å². The fourth-order valence-corrected chi connectivity index (χ4v) is 0. The van der Waals surface area contributed by atoms with E-state index in [1.165, 1.54) is 0 Å². The average molecular weight is 180 g/mol. The second-order valence-electron chi connectivity index (χ2n) is 0.610. The van der Waals surface area contributed by atoms with Gasteiger partial charge in [-0.05, 0) is 0 Å². The molecular weight excluding hydrogens is 176 g/mol. The van der Waals surface area contributed by atoms with Gasteiger partial charge in [0.1, 0.15) is 0 Å². The van der Waals surface area contributed by atoms with Crippen molar-refractivity contribution < 1.29 is 22.7 Å². The van der Waals surface area contributed by atoms with Crippen LogP contribution in [0.25, 0.3) is 0 Å². The van der Waals surface area contributed by atoms with Gasteiger partial charge in [-0.1, -0.05) is 0 Å². The van der Waals surface area contributed by atoms with Crippen LogP contribution in [0.3, 0.4) is 0 Å². The Kier molecular flexibility index (Phi) is 6.81. The normalized spacial score (nSPS) is 6.29. The number of carbonyl (C=O) groups is 2. The van der Waals surface area contributed by atoms with Crippen molar-refractivity contribution in [1.29, 1.82) is 0 Å². The molecule has 4 nitrogen and oxygen atoms in total. The molecule has 0 unspecified atom stereocenters. The zero-order valence-corrected chi connectivity index (χ0v) is 6.89. The van der Waals surface area contributed by atoms with Crippen LogP contribution in [0, 0.1) is 0 Å². The molecule has 0 saturated heterocycles. The van der Waals surface area contributed by atoms with Crippen LogP contribution < -0.4 is 0 Å². The largest absolute Gasteiger partial charge is 2.00 e. The standard InChI is InChI=1S/C2H2O4.Sr.2H/c3-1(4)2(5)6;;;/h(H,3,4)(H,5,6);;;/q;+2;2*-1. The molecule has 2 N–H and O–H groups in total. The van der Waals surface area contributed by atoms with Crippen molar-refractivity contribution in [3.63, 3.8) is 0 Å². The first kappa shape index (κ1) is 10.4. The van der Waals surface area contributed by atoms with Crippen LogP contribution in [-0.2, 0) is 9.59 Å². The van der Waals surface area contributed by atoms with E-state index < -0.39 is 11.9 Å². The van der Waals surface area contributed by atoms with Crippen LogP contribution in [0.15, 0.2) is 0 Å². The van der Waals surface area contributed by atoms with E-state index in [9.17, 15) is 0 Å². The van der Waals surface area contributed by atoms with E-state index >= 15 is 0 Å². The Balaban J connectivity index is -0.0000000417. The number of rotatable bonds is 0. The molecular formula is C2H4O4Sr. The molecule has 0 radical (unpaired) electrons. The number of hydrogen-bond donors (Lipinski definition) is 2. The molecule has 0 aromatic rings. The van der Waals surface area contributed by atoms with Gasteiger partial charge in [0.15, 0.2) is 0 Å². The summed E-state index contributed by atoms with van der Waals surface area (Å²) in [4.78, 5) is 18.2.